The van der Waals surface area contributed by atoms with Crippen molar-refractivity contribution in [1.29, 1.82) is 0 Å². The van der Waals surface area contributed by atoms with Crippen molar-refractivity contribution in [2.75, 3.05) is 25.4 Å². The normalized spacial score (nSPS) is 11.8. The Morgan fingerprint density at radius 1 is 1.45 bits per heavy atom. The van der Waals surface area contributed by atoms with Crippen LogP contribution >= 0.6 is 24.0 Å². The third kappa shape index (κ3) is 9.15. The maximum Gasteiger partial charge on any atom is 0.210 e. The van der Waals surface area contributed by atoms with Gasteiger partial charge in [0.05, 0.1) is 18.6 Å². The van der Waals surface area contributed by atoms with E-state index < -0.39 is 10.0 Å². The summed E-state index contributed by atoms with van der Waals surface area (Å²) in [6, 6.07) is 3.73. The van der Waals surface area contributed by atoms with Crippen LogP contribution < -0.4 is 15.8 Å². The van der Waals surface area contributed by atoms with Crippen molar-refractivity contribution in [3.05, 3.63) is 24.2 Å². The average molecular weight is 416 g/mol. The topological polar surface area (TPSA) is 110 Å². The van der Waals surface area contributed by atoms with E-state index in [0.717, 1.165) is 12.2 Å². The van der Waals surface area contributed by atoms with E-state index in [0.29, 0.717) is 19.0 Å². The molecule has 0 radical (unpaired) electrons. The minimum atomic E-state index is -3.47. The van der Waals surface area contributed by atoms with Crippen LogP contribution in [0.3, 0.4) is 0 Å². The highest BCUT2D eigenvalue weighted by Crippen LogP contribution is 1.99. The first kappa shape index (κ1) is 19.2. The molecule has 0 aliphatic heterocycles. The third-order valence-corrected chi connectivity index (χ3v) is 2.99. The molecule has 7 nitrogen and oxygen atoms in total. The Kier molecular flexibility index (Phi) is 9.59. The monoisotopic (exact) mass is 416 g/mol. The van der Waals surface area contributed by atoms with Gasteiger partial charge in [0.25, 0.3) is 0 Å². The molecular weight excluding hydrogens is 395 g/mol. The van der Waals surface area contributed by atoms with E-state index in [-0.39, 0.29) is 36.3 Å². The fourth-order valence-corrected chi connectivity index (χ4v) is 1.73. The summed E-state index contributed by atoms with van der Waals surface area (Å²) in [5, 5.41) is 11.0. The smallest absolute Gasteiger partial charge is 0.210 e. The van der Waals surface area contributed by atoms with Crippen LogP contribution in [0.4, 0.5) is 0 Å². The molecule has 0 aliphatic carbocycles. The first-order valence-electron chi connectivity index (χ1n) is 6.06. The van der Waals surface area contributed by atoms with E-state index in [2.05, 4.69) is 15.6 Å². The zero-order chi connectivity index (χ0) is 14.1. The number of guanidine groups is 1. The molecule has 20 heavy (non-hydrogen) atoms. The summed E-state index contributed by atoms with van der Waals surface area (Å²) in [4.78, 5) is 4.12. The van der Waals surface area contributed by atoms with E-state index in [4.69, 9.17) is 9.56 Å². The molecule has 0 aromatic carbocycles. The molecule has 0 amide bonds. The molecule has 0 atom stereocenters. The largest absolute Gasteiger partial charge is 0.469 e. The quantitative estimate of drug-likeness (QED) is 0.336. The number of halogens is 1. The molecule has 0 spiro atoms. The second-order valence-corrected chi connectivity index (χ2v) is 5.62. The van der Waals surface area contributed by atoms with Crippen LogP contribution in [0.15, 0.2) is 27.8 Å². The molecule has 0 aliphatic rings. The number of hydrogen-bond acceptors (Lipinski definition) is 4. The summed E-state index contributed by atoms with van der Waals surface area (Å²) in [6.45, 7) is 3.41. The Morgan fingerprint density at radius 3 is 2.75 bits per heavy atom. The van der Waals surface area contributed by atoms with Crippen LogP contribution in [-0.4, -0.2) is 39.8 Å². The summed E-state index contributed by atoms with van der Waals surface area (Å²) in [5.41, 5.74) is 0. The van der Waals surface area contributed by atoms with Gasteiger partial charge in [-0.15, -0.1) is 24.0 Å². The lowest BCUT2D eigenvalue weighted by Gasteiger charge is -2.10. The average Bonchev–Trinajstić information content (AvgIpc) is 2.80. The van der Waals surface area contributed by atoms with E-state index in [9.17, 15) is 8.42 Å². The predicted octanol–water partition coefficient (Wildman–Crippen LogP) is 0.284. The number of hydrogen-bond donors (Lipinski definition) is 3. The van der Waals surface area contributed by atoms with E-state index >= 15 is 0 Å². The van der Waals surface area contributed by atoms with Gasteiger partial charge in [-0.05, 0) is 19.1 Å². The second-order valence-electron chi connectivity index (χ2n) is 3.88. The van der Waals surface area contributed by atoms with Gasteiger partial charge < -0.3 is 15.1 Å². The fraction of sp³-hybridized carbons (Fsp3) is 0.545. The lowest BCUT2D eigenvalue weighted by molar-refractivity contribution is 0.507. The van der Waals surface area contributed by atoms with Crippen LogP contribution in [0.1, 0.15) is 12.7 Å². The highest BCUT2D eigenvalue weighted by atomic mass is 127. The van der Waals surface area contributed by atoms with Crippen molar-refractivity contribution >= 4 is 40.0 Å². The number of furan rings is 1. The SMILES string of the molecule is CCNC(=NCCS(N)(=O)=O)NCCc1ccco1.I. The minimum Gasteiger partial charge on any atom is -0.469 e. The first-order valence-corrected chi connectivity index (χ1v) is 7.78. The van der Waals surface area contributed by atoms with Gasteiger partial charge in [-0.3, -0.25) is 4.99 Å². The zero-order valence-electron chi connectivity index (χ0n) is 11.3. The molecule has 0 unspecified atom stereocenters. The number of sulfonamides is 1. The van der Waals surface area contributed by atoms with Crippen molar-refractivity contribution in [3.8, 4) is 0 Å². The Morgan fingerprint density at radius 2 is 2.20 bits per heavy atom. The highest BCUT2D eigenvalue weighted by Gasteiger charge is 2.02. The van der Waals surface area contributed by atoms with Gasteiger partial charge in [-0.1, -0.05) is 0 Å². The van der Waals surface area contributed by atoms with Crippen molar-refractivity contribution in [2.45, 2.75) is 13.3 Å². The van der Waals surface area contributed by atoms with Gasteiger partial charge in [-0.2, -0.15) is 0 Å². The molecule has 1 rings (SSSR count). The molecule has 4 N–H and O–H groups in total. The Labute approximate surface area is 136 Å². The van der Waals surface area contributed by atoms with E-state index in [1.807, 2.05) is 19.1 Å². The number of primary sulfonamides is 1. The lowest BCUT2D eigenvalue weighted by Crippen LogP contribution is -2.38. The highest BCUT2D eigenvalue weighted by molar-refractivity contribution is 14.0. The van der Waals surface area contributed by atoms with Crippen molar-refractivity contribution in [1.82, 2.24) is 10.6 Å². The number of nitrogens with one attached hydrogen (secondary N) is 2. The molecule has 1 aromatic rings. The van der Waals surface area contributed by atoms with Gasteiger partial charge in [-0.25, -0.2) is 13.6 Å². The Bertz CT molecular complexity index is 488. The van der Waals surface area contributed by atoms with Gasteiger partial charge in [0.1, 0.15) is 5.76 Å². The Balaban J connectivity index is 0.00000361. The van der Waals surface area contributed by atoms with Gasteiger partial charge in [0.15, 0.2) is 5.96 Å². The maximum atomic E-state index is 10.8. The summed E-state index contributed by atoms with van der Waals surface area (Å²) >= 11 is 0. The number of nitrogens with two attached hydrogens (primary N) is 1. The van der Waals surface area contributed by atoms with Crippen LogP contribution in [0, 0.1) is 0 Å². The minimum absolute atomic E-state index is 0. The van der Waals surface area contributed by atoms with Gasteiger partial charge >= 0.3 is 0 Å². The van der Waals surface area contributed by atoms with Crippen LogP contribution in [0.25, 0.3) is 0 Å². The number of rotatable bonds is 7. The molecule has 0 saturated carbocycles. The van der Waals surface area contributed by atoms with Crippen molar-refractivity contribution in [2.24, 2.45) is 10.1 Å². The van der Waals surface area contributed by atoms with Gasteiger partial charge in [0, 0.05) is 19.5 Å². The summed E-state index contributed by atoms with van der Waals surface area (Å²) in [5.74, 6) is 1.28. The van der Waals surface area contributed by atoms with Crippen LogP contribution in [0.5, 0.6) is 0 Å². The predicted molar refractivity (Wildman–Crippen MR) is 89.8 cm³/mol. The number of aliphatic imine (C=N–C) groups is 1. The summed E-state index contributed by atoms with van der Waals surface area (Å²) in [7, 11) is -3.47. The standard InChI is InChI=1S/C11H20N4O3S.HI/c1-2-13-11(15-7-9-19(12,16)17)14-6-5-10-4-3-8-18-10;/h3-4,8H,2,5-7,9H2,1H3,(H2,12,16,17)(H2,13,14,15);1H. The Hall–Kier alpha value is -0.810. The molecule has 1 aromatic heterocycles. The third-order valence-electron chi connectivity index (χ3n) is 2.23. The maximum absolute atomic E-state index is 10.8. The van der Waals surface area contributed by atoms with Crippen LogP contribution in [0.2, 0.25) is 0 Å². The van der Waals surface area contributed by atoms with Gasteiger partial charge in [0.2, 0.25) is 10.0 Å². The summed E-state index contributed by atoms with van der Waals surface area (Å²) in [6.07, 6.45) is 2.35. The molecule has 1 heterocycles. The molecular formula is C11H21IN4O3S. The summed E-state index contributed by atoms with van der Waals surface area (Å²) < 4.78 is 26.8. The number of nitrogens with zero attached hydrogens (tertiary/aromatic N) is 1. The van der Waals surface area contributed by atoms with Crippen molar-refractivity contribution in [3.63, 3.8) is 0 Å². The van der Waals surface area contributed by atoms with Crippen LogP contribution in [-0.2, 0) is 16.4 Å². The van der Waals surface area contributed by atoms with Crippen molar-refractivity contribution < 1.29 is 12.8 Å². The lowest BCUT2D eigenvalue weighted by atomic mass is 10.3. The molecule has 0 bridgehead atoms. The van der Waals surface area contributed by atoms with E-state index in [1.165, 1.54) is 0 Å². The zero-order valence-corrected chi connectivity index (χ0v) is 14.5. The molecule has 9 heteroatoms. The molecule has 0 saturated heterocycles. The second kappa shape index (κ2) is 10.00. The molecule has 0 fully saturated rings. The van der Waals surface area contributed by atoms with E-state index in [1.54, 1.807) is 6.26 Å². The fourth-order valence-electron chi connectivity index (χ4n) is 1.39. The first-order chi connectivity index (χ1) is 9.01. The molecule has 116 valence electrons.